The molecule has 0 saturated carbocycles. The molecule has 0 N–H and O–H groups in total. The Kier molecular flexibility index (Phi) is 5.45. The summed E-state index contributed by atoms with van der Waals surface area (Å²) >= 11 is 0. The van der Waals surface area contributed by atoms with Crippen molar-refractivity contribution < 1.29 is 18.3 Å². The lowest BCUT2D eigenvalue weighted by Crippen LogP contribution is -2.00. The molecule has 0 atom stereocenters. The molecule has 160 valence electrons. The van der Waals surface area contributed by atoms with E-state index in [2.05, 4.69) is 10.1 Å². The third-order valence-corrected chi connectivity index (χ3v) is 4.90. The summed E-state index contributed by atoms with van der Waals surface area (Å²) in [6.07, 6.45) is 3.47. The maximum Gasteiger partial charge on any atom is 0.263 e. The van der Waals surface area contributed by atoms with Crippen LogP contribution in [-0.4, -0.2) is 14.8 Å². The Morgan fingerprint density at radius 2 is 1.72 bits per heavy atom. The molecule has 5 aromatic rings. The van der Waals surface area contributed by atoms with Gasteiger partial charge in [0.1, 0.15) is 30.4 Å². The maximum absolute atomic E-state index is 5.86. The van der Waals surface area contributed by atoms with Crippen molar-refractivity contribution in [3.05, 3.63) is 102 Å². The number of oxazole rings is 1. The van der Waals surface area contributed by atoms with E-state index in [9.17, 15) is 0 Å². The van der Waals surface area contributed by atoms with E-state index in [1.54, 1.807) is 17.0 Å². The molecule has 0 amide bonds. The summed E-state index contributed by atoms with van der Waals surface area (Å²) in [6, 6.07) is 23.1. The molecule has 0 fully saturated rings. The van der Waals surface area contributed by atoms with Crippen LogP contribution in [0.1, 0.15) is 17.0 Å². The van der Waals surface area contributed by atoms with Crippen molar-refractivity contribution in [3.8, 4) is 29.0 Å². The van der Waals surface area contributed by atoms with E-state index < -0.39 is 0 Å². The van der Waals surface area contributed by atoms with Crippen molar-refractivity contribution in [2.24, 2.45) is 0 Å². The highest BCUT2D eigenvalue weighted by atomic mass is 16.5. The molecule has 7 heteroatoms. The number of hydrogen-bond acceptors (Lipinski definition) is 6. The lowest BCUT2D eigenvalue weighted by atomic mass is 10.2. The number of benzene rings is 2. The maximum atomic E-state index is 5.86. The minimum atomic E-state index is 0.308. The van der Waals surface area contributed by atoms with E-state index in [0.717, 1.165) is 22.7 Å². The molecule has 3 aromatic heterocycles. The van der Waals surface area contributed by atoms with Gasteiger partial charge in [0, 0.05) is 12.3 Å². The van der Waals surface area contributed by atoms with Gasteiger partial charge in [0.25, 0.3) is 5.89 Å². The smallest absolute Gasteiger partial charge is 0.263 e. The van der Waals surface area contributed by atoms with Crippen molar-refractivity contribution in [1.29, 1.82) is 0 Å². The van der Waals surface area contributed by atoms with Crippen LogP contribution in [-0.2, 0) is 13.2 Å². The Labute approximate surface area is 184 Å². The van der Waals surface area contributed by atoms with E-state index in [0.29, 0.717) is 36.5 Å². The van der Waals surface area contributed by atoms with Crippen LogP contribution in [0.5, 0.6) is 11.6 Å². The van der Waals surface area contributed by atoms with Crippen molar-refractivity contribution >= 4 is 0 Å². The predicted octanol–water partition coefficient (Wildman–Crippen LogP) is 5.59. The summed E-state index contributed by atoms with van der Waals surface area (Å²) in [7, 11) is 0. The molecule has 3 heterocycles. The Hall–Kier alpha value is -4.26. The molecule has 0 saturated heterocycles. The quantitative estimate of drug-likeness (QED) is 0.321. The molecule has 0 spiro atoms. The molecule has 2 aromatic carbocycles. The third kappa shape index (κ3) is 4.41. The van der Waals surface area contributed by atoms with E-state index in [4.69, 9.17) is 18.3 Å². The second-order valence-corrected chi connectivity index (χ2v) is 7.15. The van der Waals surface area contributed by atoms with Crippen LogP contribution in [0, 0.1) is 6.92 Å². The van der Waals surface area contributed by atoms with Crippen molar-refractivity contribution in [1.82, 2.24) is 14.8 Å². The van der Waals surface area contributed by atoms with Gasteiger partial charge in [-0.1, -0.05) is 30.3 Å². The van der Waals surface area contributed by atoms with Gasteiger partial charge < -0.3 is 18.3 Å². The van der Waals surface area contributed by atoms with Crippen molar-refractivity contribution in [3.63, 3.8) is 0 Å². The van der Waals surface area contributed by atoms with Crippen molar-refractivity contribution in [2.45, 2.75) is 20.1 Å². The van der Waals surface area contributed by atoms with Gasteiger partial charge in [-0.2, -0.15) is 0 Å². The molecular formula is C25H21N3O4. The van der Waals surface area contributed by atoms with Crippen LogP contribution in [0.25, 0.3) is 17.3 Å². The lowest BCUT2D eigenvalue weighted by Gasteiger charge is -2.07. The van der Waals surface area contributed by atoms with Gasteiger partial charge in [0.15, 0.2) is 5.76 Å². The standard InChI is InChI=1S/C25H21N3O4/c1-18-22(26-25(32-18)23-8-5-15-29-23)17-30-21-11-9-19(10-12-21)16-31-24-13-14-28(27-24)20-6-3-2-4-7-20/h2-15H,16-17H2,1H3. The Morgan fingerprint density at radius 3 is 2.50 bits per heavy atom. The van der Waals surface area contributed by atoms with Gasteiger partial charge in [-0.05, 0) is 48.9 Å². The SMILES string of the molecule is Cc1oc(-c2ccco2)nc1COc1ccc(COc2ccn(-c3ccccc3)n2)cc1. The molecule has 0 unspecified atom stereocenters. The lowest BCUT2D eigenvalue weighted by molar-refractivity contribution is 0.289. The second-order valence-electron chi connectivity index (χ2n) is 7.15. The number of ether oxygens (including phenoxy) is 2. The molecule has 5 rings (SSSR count). The van der Waals surface area contributed by atoms with Crippen LogP contribution in [0.15, 0.2) is 94.1 Å². The highest BCUT2D eigenvalue weighted by molar-refractivity contribution is 5.44. The molecule has 7 nitrogen and oxygen atoms in total. The molecule has 32 heavy (non-hydrogen) atoms. The molecule has 0 aliphatic heterocycles. The molecule has 0 aliphatic carbocycles. The van der Waals surface area contributed by atoms with Gasteiger partial charge in [-0.25, -0.2) is 9.67 Å². The first kappa shape index (κ1) is 19.7. The first-order valence-electron chi connectivity index (χ1n) is 10.2. The second kappa shape index (κ2) is 8.85. The summed E-state index contributed by atoms with van der Waals surface area (Å²) < 4.78 is 24.5. The van der Waals surface area contributed by atoms with E-state index in [1.165, 1.54) is 0 Å². The molecule has 0 radical (unpaired) electrons. The largest absolute Gasteiger partial charge is 0.487 e. The van der Waals surface area contributed by atoms with Crippen LogP contribution in [0.4, 0.5) is 0 Å². The number of para-hydroxylation sites is 1. The minimum Gasteiger partial charge on any atom is -0.487 e. The minimum absolute atomic E-state index is 0.308. The fraction of sp³-hybridized carbons (Fsp3) is 0.120. The highest BCUT2D eigenvalue weighted by Gasteiger charge is 2.14. The summed E-state index contributed by atoms with van der Waals surface area (Å²) in [5, 5.41) is 4.45. The third-order valence-electron chi connectivity index (χ3n) is 4.90. The fourth-order valence-electron chi connectivity index (χ4n) is 3.17. The Balaban J connectivity index is 1.15. The summed E-state index contributed by atoms with van der Waals surface area (Å²) in [5.74, 6) is 3.06. The zero-order chi connectivity index (χ0) is 21.8. The van der Waals surface area contributed by atoms with Gasteiger partial charge in [0.2, 0.25) is 5.88 Å². The van der Waals surface area contributed by atoms with E-state index in [1.807, 2.05) is 79.9 Å². The molecule has 0 bridgehead atoms. The van der Waals surface area contributed by atoms with Crippen LogP contribution >= 0.6 is 0 Å². The highest BCUT2D eigenvalue weighted by Crippen LogP contribution is 2.23. The summed E-state index contributed by atoms with van der Waals surface area (Å²) in [6.45, 7) is 2.58. The molecular weight excluding hydrogens is 406 g/mol. The van der Waals surface area contributed by atoms with Crippen LogP contribution in [0.3, 0.4) is 0 Å². The number of rotatable bonds is 8. The number of hydrogen-bond donors (Lipinski definition) is 0. The van der Waals surface area contributed by atoms with Gasteiger partial charge >= 0.3 is 0 Å². The zero-order valence-electron chi connectivity index (χ0n) is 17.5. The average Bonchev–Trinajstić information content (AvgIpc) is 3.59. The summed E-state index contributed by atoms with van der Waals surface area (Å²) in [5.41, 5.74) is 2.74. The van der Waals surface area contributed by atoms with Gasteiger partial charge in [-0.3, -0.25) is 0 Å². The number of aromatic nitrogens is 3. The first-order valence-corrected chi connectivity index (χ1v) is 10.2. The summed E-state index contributed by atoms with van der Waals surface area (Å²) in [4.78, 5) is 4.46. The van der Waals surface area contributed by atoms with Gasteiger partial charge in [-0.15, -0.1) is 5.10 Å². The monoisotopic (exact) mass is 427 g/mol. The van der Waals surface area contributed by atoms with E-state index >= 15 is 0 Å². The number of furan rings is 1. The predicted molar refractivity (Wildman–Crippen MR) is 118 cm³/mol. The molecule has 0 aliphatic rings. The van der Waals surface area contributed by atoms with Gasteiger partial charge in [0.05, 0.1) is 12.0 Å². The topological polar surface area (TPSA) is 75.5 Å². The van der Waals surface area contributed by atoms with Crippen LogP contribution < -0.4 is 9.47 Å². The van der Waals surface area contributed by atoms with Crippen LogP contribution in [0.2, 0.25) is 0 Å². The zero-order valence-corrected chi connectivity index (χ0v) is 17.5. The first-order chi connectivity index (χ1) is 15.7. The number of aryl methyl sites for hydroxylation is 1. The Morgan fingerprint density at radius 1 is 0.875 bits per heavy atom. The van der Waals surface area contributed by atoms with Crippen molar-refractivity contribution in [2.75, 3.05) is 0 Å². The Bertz CT molecular complexity index is 1270. The average molecular weight is 427 g/mol. The number of nitrogens with zero attached hydrogens (tertiary/aromatic N) is 3. The fourth-order valence-corrected chi connectivity index (χ4v) is 3.17. The normalized spacial score (nSPS) is 10.9. The van der Waals surface area contributed by atoms with E-state index in [-0.39, 0.29) is 0 Å².